The van der Waals surface area contributed by atoms with Crippen molar-refractivity contribution < 1.29 is 23.0 Å². The topological polar surface area (TPSA) is 68.6 Å². The smallest absolute Gasteiger partial charge is 0.407 e. The zero-order valence-electron chi connectivity index (χ0n) is 18.6. The normalized spacial score (nSPS) is 23.8. The summed E-state index contributed by atoms with van der Waals surface area (Å²) in [4.78, 5) is 14.7. The number of nitrogens with one attached hydrogen (secondary N) is 1. The molecular formula is C22H28F2N4O3S. The molecule has 32 heavy (non-hydrogen) atoms. The molecule has 2 aromatic rings. The van der Waals surface area contributed by atoms with Gasteiger partial charge in [-0.3, -0.25) is 4.90 Å². The third-order valence-corrected chi connectivity index (χ3v) is 6.17. The summed E-state index contributed by atoms with van der Waals surface area (Å²) < 4.78 is 41.7. The SMILES string of the molecule is CSn1cc2c(n1)CN(C1CO[C@H](c3cc(F)ccc3F)C(NC(=O)OC(C)(C)C)C1)C2. The summed E-state index contributed by atoms with van der Waals surface area (Å²) in [5.74, 6) is -1.13. The van der Waals surface area contributed by atoms with Crippen LogP contribution < -0.4 is 5.32 Å². The molecule has 0 aliphatic carbocycles. The number of carbonyl (C=O) groups excluding carboxylic acids is 1. The number of benzene rings is 1. The van der Waals surface area contributed by atoms with Gasteiger partial charge in [-0.15, -0.1) is 0 Å². The minimum Gasteiger partial charge on any atom is -0.444 e. The third-order valence-electron chi connectivity index (χ3n) is 5.61. The highest BCUT2D eigenvalue weighted by molar-refractivity contribution is 7.97. The van der Waals surface area contributed by atoms with Crippen LogP contribution in [0.1, 0.15) is 50.1 Å². The summed E-state index contributed by atoms with van der Waals surface area (Å²) in [5, 5.41) is 7.39. The number of aromatic nitrogens is 2. The van der Waals surface area contributed by atoms with Crippen molar-refractivity contribution in [2.24, 2.45) is 0 Å². The number of fused-ring (bicyclic) bond motifs is 1. The van der Waals surface area contributed by atoms with Crippen molar-refractivity contribution in [2.75, 3.05) is 12.9 Å². The second-order valence-corrected chi connectivity index (χ2v) is 9.89. The first-order valence-electron chi connectivity index (χ1n) is 10.5. The molecule has 174 valence electrons. The van der Waals surface area contributed by atoms with Gasteiger partial charge in [0.05, 0.1) is 18.3 Å². The second kappa shape index (κ2) is 8.99. The molecule has 0 radical (unpaired) electrons. The number of carbonyl (C=O) groups is 1. The largest absolute Gasteiger partial charge is 0.444 e. The van der Waals surface area contributed by atoms with Gasteiger partial charge in [0.25, 0.3) is 0 Å². The lowest BCUT2D eigenvalue weighted by Crippen LogP contribution is -2.52. The fourth-order valence-electron chi connectivity index (χ4n) is 4.21. The lowest BCUT2D eigenvalue weighted by Gasteiger charge is -2.40. The van der Waals surface area contributed by atoms with Crippen molar-refractivity contribution in [1.29, 1.82) is 0 Å². The van der Waals surface area contributed by atoms with Crippen molar-refractivity contribution in [3.05, 3.63) is 52.9 Å². The highest BCUT2D eigenvalue weighted by Gasteiger charge is 2.40. The molecule has 1 aromatic heterocycles. The van der Waals surface area contributed by atoms with Crippen LogP contribution in [0.3, 0.4) is 0 Å². The second-order valence-electron chi connectivity index (χ2n) is 9.15. The Bertz CT molecular complexity index is 971. The van der Waals surface area contributed by atoms with E-state index >= 15 is 0 Å². The van der Waals surface area contributed by atoms with Gasteiger partial charge in [0, 0.05) is 42.7 Å². The molecule has 0 bridgehead atoms. The maximum Gasteiger partial charge on any atom is 0.407 e. The molecule has 7 nitrogen and oxygen atoms in total. The zero-order valence-corrected chi connectivity index (χ0v) is 19.4. The van der Waals surface area contributed by atoms with Crippen LogP contribution in [0.25, 0.3) is 0 Å². The van der Waals surface area contributed by atoms with Gasteiger partial charge in [-0.25, -0.2) is 17.7 Å². The van der Waals surface area contributed by atoms with Crippen molar-refractivity contribution in [1.82, 2.24) is 19.4 Å². The minimum absolute atomic E-state index is 0.0141. The molecule has 10 heteroatoms. The predicted octanol–water partition coefficient (Wildman–Crippen LogP) is 4.03. The van der Waals surface area contributed by atoms with Crippen LogP contribution in [-0.4, -0.2) is 50.7 Å². The first kappa shape index (κ1) is 23.0. The van der Waals surface area contributed by atoms with Crippen LogP contribution in [-0.2, 0) is 22.6 Å². The van der Waals surface area contributed by atoms with Gasteiger partial charge < -0.3 is 14.8 Å². The van der Waals surface area contributed by atoms with Gasteiger partial charge in [0.1, 0.15) is 23.3 Å². The number of halogens is 2. The van der Waals surface area contributed by atoms with Crippen LogP contribution in [0.4, 0.5) is 13.6 Å². The number of alkyl carbamates (subject to hydrolysis) is 1. The van der Waals surface area contributed by atoms with Gasteiger partial charge >= 0.3 is 6.09 Å². The number of hydrogen-bond donors (Lipinski definition) is 1. The summed E-state index contributed by atoms with van der Waals surface area (Å²) >= 11 is 1.54. The summed E-state index contributed by atoms with van der Waals surface area (Å²) in [7, 11) is 0. The van der Waals surface area contributed by atoms with Gasteiger partial charge in [-0.2, -0.15) is 5.10 Å². The van der Waals surface area contributed by atoms with E-state index in [0.717, 1.165) is 36.0 Å². The van der Waals surface area contributed by atoms with Gasteiger partial charge in [0.15, 0.2) is 0 Å². The van der Waals surface area contributed by atoms with E-state index in [9.17, 15) is 13.6 Å². The molecule has 2 unspecified atom stereocenters. The molecule has 1 fully saturated rings. The zero-order chi connectivity index (χ0) is 23.0. The van der Waals surface area contributed by atoms with E-state index in [0.29, 0.717) is 19.6 Å². The molecule has 0 saturated carbocycles. The lowest BCUT2D eigenvalue weighted by atomic mass is 9.92. The van der Waals surface area contributed by atoms with Crippen LogP contribution in [0.5, 0.6) is 0 Å². The molecular weight excluding hydrogens is 438 g/mol. The summed E-state index contributed by atoms with van der Waals surface area (Å²) in [6, 6.07) is 2.67. The Hall–Kier alpha value is -2.17. The predicted molar refractivity (Wildman–Crippen MR) is 117 cm³/mol. The highest BCUT2D eigenvalue weighted by atomic mass is 32.2. The molecule has 2 aliphatic rings. The maximum atomic E-state index is 14.5. The fourth-order valence-corrected chi connectivity index (χ4v) is 4.62. The first-order chi connectivity index (χ1) is 15.1. The maximum absolute atomic E-state index is 14.5. The van der Waals surface area contributed by atoms with Gasteiger partial charge in [-0.1, -0.05) is 0 Å². The molecule has 2 aliphatic heterocycles. The van der Waals surface area contributed by atoms with E-state index in [2.05, 4.69) is 15.3 Å². The Kier molecular flexibility index (Phi) is 6.46. The molecule has 1 amide bonds. The Balaban J connectivity index is 1.52. The minimum atomic E-state index is -0.819. The van der Waals surface area contributed by atoms with E-state index in [4.69, 9.17) is 9.47 Å². The number of ether oxygens (including phenoxy) is 2. The average Bonchev–Trinajstić information content (AvgIpc) is 3.27. The number of rotatable bonds is 4. The van der Waals surface area contributed by atoms with Crippen molar-refractivity contribution in [3.63, 3.8) is 0 Å². The van der Waals surface area contributed by atoms with Crippen molar-refractivity contribution >= 4 is 18.0 Å². The van der Waals surface area contributed by atoms with Crippen LogP contribution in [0.2, 0.25) is 0 Å². The molecule has 4 rings (SSSR count). The number of nitrogens with zero attached hydrogens (tertiary/aromatic N) is 3. The van der Waals surface area contributed by atoms with Crippen LogP contribution >= 0.6 is 11.9 Å². The number of hydrogen-bond acceptors (Lipinski definition) is 6. The van der Waals surface area contributed by atoms with Crippen molar-refractivity contribution in [3.8, 4) is 0 Å². The molecule has 1 N–H and O–H groups in total. The Morgan fingerprint density at radius 2 is 2.09 bits per heavy atom. The van der Waals surface area contributed by atoms with E-state index in [1.165, 1.54) is 11.9 Å². The molecule has 1 saturated heterocycles. The quantitative estimate of drug-likeness (QED) is 0.734. The van der Waals surface area contributed by atoms with E-state index in [-0.39, 0.29) is 11.6 Å². The summed E-state index contributed by atoms with van der Waals surface area (Å²) in [5.41, 5.74) is 1.59. The summed E-state index contributed by atoms with van der Waals surface area (Å²) in [6.07, 6.45) is 3.06. The Morgan fingerprint density at radius 3 is 2.78 bits per heavy atom. The molecule has 3 heterocycles. The fraction of sp³-hybridized carbons (Fsp3) is 0.545. The number of amides is 1. The van der Waals surface area contributed by atoms with Crippen LogP contribution in [0, 0.1) is 11.6 Å². The molecule has 0 spiro atoms. The highest BCUT2D eigenvalue weighted by Crippen LogP contribution is 2.35. The van der Waals surface area contributed by atoms with E-state index in [1.807, 2.05) is 16.5 Å². The van der Waals surface area contributed by atoms with Crippen molar-refractivity contribution in [2.45, 2.75) is 64.1 Å². The van der Waals surface area contributed by atoms with Gasteiger partial charge in [0.2, 0.25) is 0 Å². The average molecular weight is 467 g/mol. The van der Waals surface area contributed by atoms with E-state index in [1.54, 1.807) is 20.8 Å². The monoisotopic (exact) mass is 466 g/mol. The van der Waals surface area contributed by atoms with Gasteiger partial charge in [-0.05, 0) is 57.3 Å². The molecule has 1 aromatic carbocycles. The standard InChI is InChI=1S/C22H28F2N4O3S/c1-22(2,3)31-21(29)25-18-8-15(27-9-13-10-28(32-4)26-19(13)11-27)12-30-20(18)16-7-14(23)5-6-17(16)24/h5-7,10,15,18,20H,8-9,11-12H2,1-4H3,(H,25,29)/t15?,18?,20-/m1/s1. The summed E-state index contributed by atoms with van der Waals surface area (Å²) in [6.45, 7) is 7.04. The van der Waals surface area contributed by atoms with Crippen LogP contribution in [0.15, 0.2) is 24.4 Å². The Morgan fingerprint density at radius 1 is 1.31 bits per heavy atom. The molecule has 3 atom stereocenters. The third kappa shape index (κ3) is 5.07. The lowest BCUT2D eigenvalue weighted by molar-refractivity contribution is -0.0629. The van der Waals surface area contributed by atoms with E-state index < -0.39 is 35.5 Å². The Labute approximate surface area is 190 Å². The first-order valence-corrected chi connectivity index (χ1v) is 11.7.